The van der Waals surface area contributed by atoms with Gasteiger partial charge in [-0.25, -0.2) is 0 Å². The molecule has 3 nitrogen and oxygen atoms in total. The van der Waals surface area contributed by atoms with Crippen LogP contribution in [-0.4, -0.2) is 36.5 Å². The zero-order valence-electron chi connectivity index (χ0n) is 10.7. The topological polar surface area (TPSA) is 32.3 Å². The summed E-state index contributed by atoms with van der Waals surface area (Å²) in [6, 6.07) is 8.18. The van der Waals surface area contributed by atoms with Gasteiger partial charge in [-0.1, -0.05) is 19.1 Å². The van der Waals surface area contributed by atoms with E-state index in [9.17, 15) is 4.79 Å². The van der Waals surface area contributed by atoms with Gasteiger partial charge in [-0.15, -0.1) is 0 Å². The smallest absolute Gasteiger partial charge is 0.255 e. The summed E-state index contributed by atoms with van der Waals surface area (Å²) in [5.74, 6) is 0.176. The van der Waals surface area contributed by atoms with E-state index in [0.29, 0.717) is 6.04 Å². The lowest BCUT2D eigenvalue weighted by molar-refractivity contribution is 0.0691. The lowest BCUT2D eigenvalue weighted by Crippen LogP contribution is -2.42. The number of nitrogens with zero attached hydrogens (tertiary/aromatic N) is 1. The number of hydrogen-bond donors (Lipinski definition) is 1. The van der Waals surface area contributed by atoms with Crippen LogP contribution in [0.5, 0.6) is 0 Å². The first-order valence-corrected chi connectivity index (χ1v) is 7.58. The van der Waals surface area contributed by atoms with Crippen molar-refractivity contribution in [3.05, 3.63) is 33.4 Å². The van der Waals surface area contributed by atoms with Crippen LogP contribution < -0.4 is 5.32 Å². The van der Waals surface area contributed by atoms with E-state index in [-0.39, 0.29) is 5.91 Å². The van der Waals surface area contributed by atoms with Crippen molar-refractivity contribution in [1.29, 1.82) is 0 Å². The van der Waals surface area contributed by atoms with Crippen molar-refractivity contribution < 1.29 is 4.79 Å². The average Bonchev–Trinajstić information content (AvgIpc) is 2.89. The molecule has 0 aliphatic carbocycles. The fourth-order valence-electron chi connectivity index (χ4n) is 2.39. The molecule has 2 rings (SSSR count). The Labute approximate surface area is 122 Å². The number of nitrogens with one attached hydrogen (secondary N) is 1. The van der Waals surface area contributed by atoms with Crippen molar-refractivity contribution in [2.45, 2.75) is 25.8 Å². The Morgan fingerprint density at radius 1 is 1.50 bits per heavy atom. The van der Waals surface area contributed by atoms with Gasteiger partial charge in [0.05, 0.1) is 5.56 Å². The van der Waals surface area contributed by atoms with Crippen LogP contribution in [0.1, 0.15) is 30.1 Å². The number of rotatable bonds is 4. The van der Waals surface area contributed by atoms with Crippen LogP contribution in [0.4, 0.5) is 0 Å². The van der Waals surface area contributed by atoms with E-state index in [2.05, 4.69) is 34.8 Å². The molecular weight excluding hydrogens is 339 g/mol. The molecule has 98 valence electrons. The highest BCUT2D eigenvalue weighted by Crippen LogP contribution is 2.18. The van der Waals surface area contributed by atoms with Gasteiger partial charge in [-0.2, -0.15) is 0 Å². The second-order valence-corrected chi connectivity index (χ2v) is 5.79. The van der Waals surface area contributed by atoms with Gasteiger partial charge in [-0.05, 0) is 54.1 Å². The standard InChI is InChI=1S/C14H19IN2O/c1-2-9-17(11-7-8-16-10-11)14(18)12-5-3-4-6-13(12)15/h3-6,11,16H,2,7-10H2,1H3. The van der Waals surface area contributed by atoms with Crippen LogP contribution in [0, 0.1) is 3.57 Å². The Bertz CT molecular complexity index is 416. The van der Waals surface area contributed by atoms with Gasteiger partial charge in [0.2, 0.25) is 0 Å². The predicted octanol–water partition coefficient (Wildman–Crippen LogP) is 2.51. The summed E-state index contributed by atoms with van der Waals surface area (Å²) in [5.41, 5.74) is 0.832. The van der Waals surface area contributed by atoms with E-state index in [0.717, 1.165) is 41.6 Å². The van der Waals surface area contributed by atoms with E-state index in [1.165, 1.54) is 0 Å². The number of amides is 1. The van der Waals surface area contributed by atoms with Gasteiger partial charge in [-0.3, -0.25) is 4.79 Å². The van der Waals surface area contributed by atoms with Crippen molar-refractivity contribution in [2.75, 3.05) is 19.6 Å². The number of halogens is 1. The molecule has 1 aromatic carbocycles. The normalized spacial score (nSPS) is 18.9. The molecule has 1 heterocycles. The Morgan fingerprint density at radius 2 is 2.28 bits per heavy atom. The highest BCUT2D eigenvalue weighted by molar-refractivity contribution is 14.1. The maximum Gasteiger partial charge on any atom is 0.255 e. The number of benzene rings is 1. The molecule has 18 heavy (non-hydrogen) atoms. The van der Waals surface area contributed by atoms with Crippen molar-refractivity contribution in [3.63, 3.8) is 0 Å². The lowest BCUT2D eigenvalue weighted by atomic mass is 10.1. The van der Waals surface area contributed by atoms with E-state index < -0.39 is 0 Å². The molecule has 1 fully saturated rings. The van der Waals surface area contributed by atoms with Gasteiger partial charge in [0.15, 0.2) is 0 Å². The molecule has 0 aromatic heterocycles. The zero-order valence-corrected chi connectivity index (χ0v) is 12.8. The van der Waals surface area contributed by atoms with Crippen LogP contribution in [-0.2, 0) is 0 Å². The maximum absolute atomic E-state index is 12.6. The Hall–Kier alpha value is -0.620. The molecule has 4 heteroatoms. The van der Waals surface area contributed by atoms with Gasteiger partial charge in [0, 0.05) is 22.7 Å². The summed E-state index contributed by atoms with van der Waals surface area (Å²) < 4.78 is 1.03. The van der Waals surface area contributed by atoms with E-state index in [4.69, 9.17) is 0 Å². The van der Waals surface area contributed by atoms with Gasteiger partial charge in [0.25, 0.3) is 5.91 Å². The van der Waals surface area contributed by atoms with Crippen LogP contribution in [0.15, 0.2) is 24.3 Å². The highest BCUT2D eigenvalue weighted by Gasteiger charge is 2.27. The molecule has 1 aromatic rings. The molecule has 0 spiro atoms. The summed E-state index contributed by atoms with van der Waals surface area (Å²) in [7, 11) is 0. The first-order chi connectivity index (χ1) is 8.74. The van der Waals surface area contributed by atoms with Gasteiger partial charge < -0.3 is 10.2 Å². The van der Waals surface area contributed by atoms with Crippen LogP contribution in [0.25, 0.3) is 0 Å². The van der Waals surface area contributed by atoms with Gasteiger partial charge in [0.1, 0.15) is 0 Å². The second-order valence-electron chi connectivity index (χ2n) is 4.63. The third-order valence-corrected chi connectivity index (χ3v) is 4.25. The van der Waals surface area contributed by atoms with Crippen molar-refractivity contribution in [1.82, 2.24) is 10.2 Å². The largest absolute Gasteiger partial charge is 0.334 e. The fourth-order valence-corrected chi connectivity index (χ4v) is 3.00. The highest BCUT2D eigenvalue weighted by atomic mass is 127. The SMILES string of the molecule is CCCN(C(=O)c1ccccc1I)C1CCNC1. The first kappa shape index (κ1) is 13.8. The van der Waals surface area contributed by atoms with Crippen LogP contribution in [0.2, 0.25) is 0 Å². The Kier molecular flexibility index (Phi) is 5.00. The second kappa shape index (κ2) is 6.52. The summed E-state index contributed by atoms with van der Waals surface area (Å²) in [6.07, 6.45) is 2.07. The summed E-state index contributed by atoms with van der Waals surface area (Å²) in [6.45, 7) is 4.91. The van der Waals surface area contributed by atoms with Crippen molar-refractivity contribution >= 4 is 28.5 Å². The monoisotopic (exact) mass is 358 g/mol. The zero-order chi connectivity index (χ0) is 13.0. The average molecular weight is 358 g/mol. The summed E-state index contributed by atoms with van der Waals surface area (Å²) in [4.78, 5) is 14.7. The number of carbonyl (C=O) groups is 1. The minimum absolute atomic E-state index is 0.176. The minimum atomic E-state index is 0.176. The molecule has 0 bridgehead atoms. The number of hydrogen-bond acceptors (Lipinski definition) is 2. The molecule has 1 N–H and O–H groups in total. The van der Waals surface area contributed by atoms with Gasteiger partial charge >= 0.3 is 0 Å². The quantitative estimate of drug-likeness (QED) is 0.839. The van der Waals surface area contributed by atoms with Crippen LogP contribution in [0.3, 0.4) is 0 Å². The molecule has 1 aliphatic heterocycles. The third kappa shape index (κ3) is 3.03. The predicted molar refractivity (Wildman–Crippen MR) is 81.8 cm³/mol. The van der Waals surface area contributed by atoms with E-state index in [1.807, 2.05) is 29.2 Å². The first-order valence-electron chi connectivity index (χ1n) is 6.50. The molecule has 1 saturated heterocycles. The number of carbonyl (C=O) groups excluding carboxylic acids is 1. The molecule has 0 saturated carbocycles. The lowest BCUT2D eigenvalue weighted by Gasteiger charge is -2.28. The summed E-state index contributed by atoms with van der Waals surface area (Å²) >= 11 is 2.24. The molecule has 1 atom stereocenters. The summed E-state index contributed by atoms with van der Waals surface area (Å²) in [5, 5.41) is 3.34. The van der Waals surface area contributed by atoms with Crippen molar-refractivity contribution in [3.8, 4) is 0 Å². The fraction of sp³-hybridized carbons (Fsp3) is 0.500. The molecular formula is C14H19IN2O. The van der Waals surface area contributed by atoms with E-state index >= 15 is 0 Å². The Balaban J connectivity index is 2.20. The van der Waals surface area contributed by atoms with Crippen LogP contribution >= 0.6 is 22.6 Å². The minimum Gasteiger partial charge on any atom is -0.334 e. The molecule has 1 amide bonds. The molecule has 1 aliphatic rings. The van der Waals surface area contributed by atoms with E-state index in [1.54, 1.807) is 0 Å². The molecule has 0 radical (unpaired) electrons. The van der Waals surface area contributed by atoms with Crippen molar-refractivity contribution in [2.24, 2.45) is 0 Å². The Morgan fingerprint density at radius 3 is 2.89 bits per heavy atom. The molecule has 1 unspecified atom stereocenters. The third-order valence-electron chi connectivity index (χ3n) is 3.30. The maximum atomic E-state index is 12.6.